The molecule has 1 unspecified atom stereocenters. The number of furan rings is 1. The molecule has 0 bridgehead atoms. The lowest BCUT2D eigenvalue weighted by atomic mass is 9.80. The van der Waals surface area contributed by atoms with Crippen molar-refractivity contribution >= 4 is 50.0 Å². The highest BCUT2D eigenvalue weighted by molar-refractivity contribution is 5.99. The summed E-state index contributed by atoms with van der Waals surface area (Å²) in [6.07, 6.45) is 12.1. The van der Waals surface area contributed by atoms with Gasteiger partial charge in [-0.15, -0.1) is 0 Å². The normalized spacial score (nSPS) is 15.4. The molecule has 0 amide bonds. The van der Waals surface area contributed by atoms with Crippen molar-refractivity contribution in [2.75, 3.05) is 4.90 Å². The van der Waals surface area contributed by atoms with Gasteiger partial charge in [0, 0.05) is 33.8 Å². The van der Waals surface area contributed by atoms with Gasteiger partial charge >= 0.3 is 0 Å². The van der Waals surface area contributed by atoms with Crippen LogP contribution in [-0.4, -0.2) is 0 Å². The average molecular weight is 668 g/mol. The Hall–Kier alpha value is -6.38. The molecular weight excluding hydrogens is 631 g/mol. The third-order valence-corrected chi connectivity index (χ3v) is 10.9. The molecule has 0 radical (unpaired) electrons. The van der Waals surface area contributed by atoms with Gasteiger partial charge in [-0.25, -0.2) is 0 Å². The summed E-state index contributed by atoms with van der Waals surface area (Å²) in [5.74, 6) is 1.14. The van der Waals surface area contributed by atoms with Crippen LogP contribution in [-0.2, 0) is 0 Å². The van der Waals surface area contributed by atoms with Crippen molar-refractivity contribution in [3.05, 3.63) is 199 Å². The van der Waals surface area contributed by atoms with Crippen molar-refractivity contribution in [3.8, 4) is 22.3 Å². The van der Waals surface area contributed by atoms with E-state index in [1.165, 1.54) is 71.7 Å². The standard InChI is InChI=1S/C50H37NO/c1-2-14-36(15-3-1)42-19-8-10-22-46(42)51(41-29-27-35(28-30-41)40-26-25-34-13-4-5-16-37(34)31-40)47-23-11-9-20-43(47)44-21-12-24-48-50(44)45-32-38-17-6-7-18-39(38)33-49(45)52-48/h1-10,12-20,22,24-33,44H,11,21,23H2. The number of allylic oxidation sites excluding steroid dienone is 5. The van der Waals surface area contributed by atoms with Crippen LogP contribution < -0.4 is 4.90 Å². The smallest absolute Gasteiger partial charge is 0.135 e. The van der Waals surface area contributed by atoms with E-state index in [1.807, 2.05) is 0 Å². The van der Waals surface area contributed by atoms with Gasteiger partial charge in [0.15, 0.2) is 0 Å². The summed E-state index contributed by atoms with van der Waals surface area (Å²) in [6.45, 7) is 0. The van der Waals surface area contributed by atoms with E-state index in [1.54, 1.807) is 0 Å². The molecule has 0 saturated carbocycles. The molecule has 10 rings (SSSR count). The van der Waals surface area contributed by atoms with Gasteiger partial charge in [0.1, 0.15) is 11.3 Å². The summed E-state index contributed by atoms with van der Waals surface area (Å²) in [5, 5.41) is 6.17. The van der Waals surface area contributed by atoms with Crippen LogP contribution in [0.1, 0.15) is 36.5 Å². The number of anilines is 2. The second-order valence-corrected chi connectivity index (χ2v) is 13.9. The van der Waals surface area contributed by atoms with Crippen LogP contribution in [0.15, 0.2) is 192 Å². The van der Waals surface area contributed by atoms with Crippen LogP contribution in [0.25, 0.3) is 60.8 Å². The molecule has 0 N–H and O–H groups in total. The van der Waals surface area contributed by atoms with E-state index >= 15 is 0 Å². The molecule has 0 saturated heterocycles. The Bertz CT molecular complexity index is 2710. The Balaban J connectivity index is 1.16. The van der Waals surface area contributed by atoms with Crippen LogP contribution >= 0.6 is 0 Å². The van der Waals surface area contributed by atoms with E-state index in [2.05, 4.69) is 187 Å². The predicted octanol–water partition coefficient (Wildman–Crippen LogP) is 14.0. The largest absolute Gasteiger partial charge is 0.456 e. The van der Waals surface area contributed by atoms with Gasteiger partial charge in [-0.1, -0.05) is 140 Å². The summed E-state index contributed by atoms with van der Waals surface area (Å²) in [4.78, 5) is 2.54. The van der Waals surface area contributed by atoms with E-state index in [-0.39, 0.29) is 5.92 Å². The van der Waals surface area contributed by atoms with Crippen molar-refractivity contribution in [2.45, 2.75) is 25.2 Å². The number of benzene rings is 7. The van der Waals surface area contributed by atoms with Gasteiger partial charge in [0.05, 0.1) is 5.69 Å². The number of fused-ring (bicyclic) bond motifs is 5. The summed E-state index contributed by atoms with van der Waals surface area (Å²) in [6, 6.07) is 57.3. The number of rotatable bonds is 6. The fourth-order valence-electron chi connectivity index (χ4n) is 8.39. The molecule has 0 aliphatic heterocycles. The summed E-state index contributed by atoms with van der Waals surface area (Å²) in [5.41, 5.74) is 12.1. The monoisotopic (exact) mass is 667 g/mol. The molecule has 7 aromatic carbocycles. The van der Waals surface area contributed by atoms with Crippen molar-refractivity contribution < 1.29 is 4.42 Å². The van der Waals surface area contributed by atoms with E-state index < -0.39 is 0 Å². The van der Waals surface area contributed by atoms with Crippen molar-refractivity contribution in [1.29, 1.82) is 0 Å². The molecule has 52 heavy (non-hydrogen) atoms. The predicted molar refractivity (Wildman–Crippen MR) is 219 cm³/mol. The minimum absolute atomic E-state index is 0.164. The van der Waals surface area contributed by atoms with Gasteiger partial charge in [-0.2, -0.15) is 0 Å². The van der Waals surface area contributed by atoms with E-state index in [0.717, 1.165) is 36.3 Å². The topological polar surface area (TPSA) is 16.4 Å². The number of para-hydroxylation sites is 1. The van der Waals surface area contributed by atoms with Crippen molar-refractivity contribution in [2.24, 2.45) is 0 Å². The lowest BCUT2D eigenvalue weighted by Gasteiger charge is -2.35. The van der Waals surface area contributed by atoms with E-state index in [4.69, 9.17) is 4.42 Å². The molecule has 8 aromatic rings. The second-order valence-electron chi connectivity index (χ2n) is 13.9. The zero-order chi connectivity index (χ0) is 34.4. The van der Waals surface area contributed by atoms with Gasteiger partial charge in [0.25, 0.3) is 0 Å². The Morgan fingerprint density at radius 3 is 2.06 bits per heavy atom. The maximum Gasteiger partial charge on any atom is 0.135 e. The Labute approximate surface area is 304 Å². The first kappa shape index (κ1) is 30.4. The third kappa shape index (κ3) is 5.27. The number of hydrogen-bond donors (Lipinski definition) is 0. The lowest BCUT2D eigenvalue weighted by molar-refractivity contribution is 0.589. The molecule has 1 aromatic heterocycles. The second kappa shape index (κ2) is 12.7. The van der Waals surface area contributed by atoms with Gasteiger partial charge in [-0.3, -0.25) is 0 Å². The fraction of sp³-hybridized carbons (Fsp3) is 0.0800. The SMILES string of the molecule is C1=CC(C2CC=Cc3oc4cc5ccccc5cc4c32)=C(N(c2ccc(-c3ccc4ccccc4c3)cc2)c2ccccc2-c2ccccc2)CC1. The van der Waals surface area contributed by atoms with Gasteiger partial charge < -0.3 is 9.32 Å². The summed E-state index contributed by atoms with van der Waals surface area (Å²) in [7, 11) is 0. The van der Waals surface area contributed by atoms with E-state index in [9.17, 15) is 0 Å². The minimum atomic E-state index is 0.164. The summed E-state index contributed by atoms with van der Waals surface area (Å²) < 4.78 is 6.60. The molecule has 2 aliphatic carbocycles. The molecule has 2 heteroatoms. The minimum Gasteiger partial charge on any atom is -0.456 e. The van der Waals surface area contributed by atoms with Gasteiger partial charge in [-0.05, 0) is 106 Å². The average Bonchev–Trinajstić information content (AvgIpc) is 3.58. The van der Waals surface area contributed by atoms with Crippen LogP contribution in [0.3, 0.4) is 0 Å². The highest BCUT2D eigenvalue weighted by Gasteiger charge is 2.31. The quantitative estimate of drug-likeness (QED) is 0.175. The first-order chi connectivity index (χ1) is 25.8. The first-order valence-corrected chi connectivity index (χ1v) is 18.3. The van der Waals surface area contributed by atoms with Crippen LogP contribution in [0.5, 0.6) is 0 Å². The lowest BCUT2D eigenvalue weighted by Crippen LogP contribution is -2.22. The Morgan fingerprint density at radius 2 is 1.23 bits per heavy atom. The van der Waals surface area contributed by atoms with Crippen LogP contribution in [0.2, 0.25) is 0 Å². The zero-order valence-electron chi connectivity index (χ0n) is 28.9. The molecule has 2 nitrogen and oxygen atoms in total. The molecule has 248 valence electrons. The van der Waals surface area contributed by atoms with Gasteiger partial charge in [0.2, 0.25) is 0 Å². The van der Waals surface area contributed by atoms with E-state index in [0.29, 0.717) is 0 Å². The molecule has 0 spiro atoms. The zero-order valence-corrected chi connectivity index (χ0v) is 28.9. The first-order valence-electron chi connectivity index (χ1n) is 18.3. The Morgan fingerprint density at radius 1 is 0.538 bits per heavy atom. The van der Waals surface area contributed by atoms with Crippen molar-refractivity contribution in [1.82, 2.24) is 0 Å². The van der Waals surface area contributed by atoms with Crippen LogP contribution in [0, 0.1) is 0 Å². The highest BCUT2D eigenvalue weighted by Crippen LogP contribution is 2.48. The third-order valence-electron chi connectivity index (χ3n) is 10.9. The number of hydrogen-bond acceptors (Lipinski definition) is 2. The maximum atomic E-state index is 6.60. The number of nitrogens with zero attached hydrogens (tertiary/aromatic N) is 1. The summed E-state index contributed by atoms with van der Waals surface area (Å²) >= 11 is 0. The maximum absolute atomic E-state index is 6.60. The van der Waals surface area contributed by atoms with Crippen molar-refractivity contribution in [3.63, 3.8) is 0 Å². The molecular formula is C50H37NO. The molecule has 1 atom stereocenters. The fourth-order valence-corrected chi connectivity index (χ4v) is 8.39. The Kier molecular flexibility index (Phi) is 7.46. The highest BCUT2D eigenvalue weighted by atomic mass is 16.3. The molecule has 2 aliphatic rings. The molecule has 1 heterocycles. The van der Waals surface area contributed by atoms with Crippen LogP contribution in [0.4, 0.5) is 11.4 Å². The molecule has 0 fully saturated rings.